The van der Waals surface area contributed by atoms with Crippen molar-refractivity contribution in [2.24, 2.45) is 5.92 Å². The minimum atomic E-state index is 0.484. The Kier molecular flexibility index (Phi) is 6.25. The number of rotatable bonds is 7. The summed E-state index contributed by atoms with van der Waals surface area (Å²) in [5.41, 5.74) is 1.43. The molecule has 1 nitrogen and oxygen atoms in total. The van der Waals surface area contributed by atoms with Crippen LogP contribution in [0.15, 0.2) is 30.3 Å². The summed E-state index contributed by atoms with van der Waals surface area (Å²) in [6.45, 7) is 5.61. The van der Waals surface area contributed by atoms with Gasteiger partial charge in [-0.1, -0.05) is 57.0 Å². The van der Waals surface area contributed by atoms with Gasteiger partial charge in [-0.15, -0.1) is 0 Å². The average molecular weight is 277 g/mol. The van der Waals surface area contributed by atoms with E-state index in [1.165, 1.54) is 37.0 Å². The van der Waals surface area contributed by atoms with E-state index in [1.54, 1.807) is 0 Å². The molecule has 1 aliphatic rings. The van der Waals surface area contributed by atoms with Crippen LogP contribution in [0.4, 0.5) is 0 Å². The van der Waals surface area contributed by atoms with Crippen LogP contribution >= 0.6 is 11.8 Å². The number of hydrogen-bond donors (Lipinski definition) is 1. The second-order valence-corrected chi connectivity index (χ2v) is 7.05. The van der Waals surface area contributed by atoms with E-state index in [4.69, 9.17) is 0 Å². The Bertz CT molecular complexity index is 346. The molecule has 0 bridgehead atoms. The topological polar surface area (TPSA) is 12.0 Å². The van der Waals surface area contributed by atoms with E-state index in [0.717, 1.165) is 12.5 Å². The van der Waals surface area contributed by atoms with Crippen LogP contribution in [0.3, 0.4) is 0 Å². The molecule has 1 aliphatic carbocycles. The SMILES string of the molecule is CCNC(c1ccccc1)C(C)SCC1CCCC1. The lowest BCUT2D eigenvalue weighted by Gasteiger charge is -2.26. The molecule has 0 spiro atoms. The first-order chi connectivity index (χ1) is 9.31. The van der Waals surface area contributed by atoms with E-state index in [0.29, 0.717) is 11.3 Å². The van der Waals surface area contributed by atoms with Gasteiger partial charge in [0.1, 0.15) is 0 Å². The first-order valence-corrected chi connectivity index (χ1v) is 8.76. The number of benzene rings is 1. The predicted molar refractivity (Wildman–Crippen MR) is 86.7 cm³/mol. The summed E-state index contributed by atoms with van der Waals surface area (Å²) >= 11 is 2.15. The molecular weight excluding hydrogens is 250 g/mol. The van der Waals surface area contributed by atoms with Gasteiger partial charge in [-0.2, -0.15) is 11.8 Å². The second-order valence-electron chi connectivity index (χ2n) is 5.63. The van der Waals surface area contributed by atoms with Crippen molar-refractivity contribution in [3.8, 4) is 0 Å². The molecule has 0 radical (unpaired) electrons. The molecule has 106 valence electrons. The molecule has 1 N–H and O–H groups in total. The number of thioether (sulfide) groups is 1. The van der Waals surface area contributed by atoms with Gasteiger partial charge in [0.25, 0.3) is 0 Å². The van der Waals surface area contributed by atoms with Crippen LogP contribution in [-0.4, -0.2) is 17.5 Å². The fourth-order valence-corrected chi connectivity index (χ4v) is 4.35. The largest absolute Gasteiger partial charge is 0.309 e. The molecular formula is C17H27NS. The molecule has 19 heavy (non-hydrogen) atoms. The van der Waals surface area contributed by atoms with Crippen LogP contribution < -0.4 is 5.32 Å². The minimum Gasteiger partial charge on any atom is -0.309 e. The molecule has 2 atom stereocenters. The van der Waals surface area contributed by atoms with Gasteiger partial charge in [-0.05, 0) is 36.6 Å². The fourth-order valence-electron chi connectivity index (χ4n) is 3.00. The van der Waals surface area contributed by atoms with Gasteiger partial charge < -0.3 is 5.32 Å². The highest BCUT2D eigenvalue weighted by atomic mass is 32.2. The Balaban J connectivity index is 1.90. The van der Waals surface area contributed by atoms with Gasteiger partial charge in [0.2, 0.25) is 0 Å². The standard InChI is InChI=1S/C17H27NS/c1-3-18-17(16-11-5-4-6-12-16)14(2)19-13-15-9-7-8-10-15/h4-6,11-12,14-15,17-18H,3,7-10,13H2,1-2H3. The first-order valence-electron chi connectivity index (χ1n) is 7.71. The normalized spacial score (nSPS) is 19.5. The molecule has 1 aromatic rings. The van der Waals surface area contributed by atoms with Gasteiger partial charge in [0.15, 0.2) is 0 Å². The maximum Gasteiger partial charge on any atom is 0.0437 e. The average Bonchev–Trinajstić information content (AvgIpc) is 2.96. The van der Waals surface area contributed by atoms with E-state index in [2.05, 4.69) is 61.3 Å². The lowest BCUT2D eigenvalue weighted by molar-refractivity contribution is 0.545. The van der Waals surface area contributed by atoms with Crippen LogP contribution in [-0.2, 0) is 0 Å². The summed E-state index contributed by atoms with van der Waals surface area (Å²) < 4.78 is 0. The van der Waals surface area contributed by atoms with Crippen molar-refractivity contribution in [1.82, 2.24) is 5.32 Å². The first kappa shape index (κ1) is 14.9. The van der Waals surface area contributed by atoms with E-state index in [9.17, 15) is 0 Å². The Labute approximate surface area is 122 Å². The monoisotopic (exact) mass is 277 g/mol. The molecule has 2 rings (SSSR count). The summed E-state index contributed by atoms with van der Waals surface area (Å²) in [6.07, 6.45) is 5.82. The van der Waals surface area contributed by atoms with Gasteiger partial charge in [0.05, 0.1) is 0 Å². The predicted octanol–water partition coefficient (Wildman–Crippen LogP) is 4.65. The van der Waals surface area contributed by atoms with Crippen molar-refractivity contribution in [2.75, 3.05) is 12.3 Å². The van der Waals surface area contributed by atoms with Crippen LogP contribution in [0.5, 0.6) is 0 Å². The highest BCUT2D eigenvalue weighted by Crippen LogP contribution is 2.33. The van der Waals surface area contributed by atoms with Crippen LogP contribution in [0.25, 0.3) is 0 Å². The van der Waals surface area contributed by atoms with Crippen molar-refractivity contribution in [3.63, 3.8) is 0 Å². The van der Waals surface area contributed by atoms with Gasteiger partial charge in [-0.3, -0.25) is 0 Å². The van der Waals surface area contributed by atoms with E-state index >= 15 is 0 Å². The molecule has 0 saturated heterocycles. The van der Waals surface area contributed by atoms with E-state index in [-0.39, 0.29) is 0 Å². The van der Waals surface area contributed by atoms with E-state index < -0.39 is 0 Å². The third kappa shape index (κ3) is 4.54. The Hall–Kier alpha value is -0.470. The summed E-state index contributed by atoms with van der Waals surface area (Å²) in [6, 6.07) is 11.4. The van der Waals surface area contributed by atoms with Gasteiger partial charge in [0, 0.05) is 11.3 Å². The molecule has 1 fully saturated rings. The van der Waals surface area contributed by atoms with Gasteiger partial charge in [-0.25, -0.2) is 0 Å². The lowest BCUT2D eigenvalue weighted by atomic mass is 10.0. The molecule has 1 aromatic carbocycles. The molecule has 0 aromatic heterocycles. The van der Waals surface area contributed by atoms with Gasteiger partial charge >= 0.3 is 0 Å². The number of nitrogens with one attached hydrogen (secondary N) is 1. The smallest absolute Gasteiger partial charge is 0.0437 e. The molecule has 2 unspecified atom stereocenters. The lowest BCUT2D eigenvalue weighted by Crippen LogP contribution is -2.29. The quantitative estimate of drug-likeness (QED) is 0.778. The molecule has 0 heterocycles. The zero-order valence-electron chi connectivity index (χ0n) is 12.3. The summed E-state index contributed by atoms with van der Waals surface area (Å²) in [4.78, 5) is 0. The highest BCUT2D eigenvalue weighted by molar-refractivity contribution is 7.99. The number of hydrogen-bond acceptors (Lipinski definition) is 2. The Morgan fingerprint density at radius 3 is 2.53 bits per heavy atom. The van der Waals surface area contributed by atoms with Crippen molar-refractivity contribution in [2.45, 2.75) is 50.8 Å². The molecule has 0 aliphatic heterocycles. The van der Waals surface area contributed by atoms with Crippen molar-refractivity contribution < 1.29 is 0 Å². The summed E-state index contributed by atoms with van der Waals surface area (Å²) in [5, 5.41) is 4.29. The Morgan fingerprint density at radius 2 is 1.89 bits per heavy atom. The zero-order chi connectivity index (χ0) is 13.5. The maximum atomic E-state index is 3.65. The Morgan fingerprint density at radius 1 is 1.21 bits per heavy atom. The molecule has 0 amide bonds. The van der Waals surface area contributed by atoms with Crippen LogP contribution in [0, 0.1) is 5.92 Å². The van der Waals surface area contributed by atoms with E-state index in [1.807, 2.05) is 0 Å². The second kappa shape index (κ2) is 7.96. The summed E-state index contributed by atoms with van der Waals surface area (Å²) in [5.74, 6) is 2.32. The third-order valence-corrected chi connectivity index (χ3v) is 5.58. The maximum absolute atomic E-state index is 3.65. The molecule has 1 saturated carbocycles. The summed E-state index contributed by atoms with van der Waals surface area (Å²) in [7, 11) is 0. The van der Waals surface area contributed by atoms with Crippen molar-refractivity contribution in [3.05, 3.63) is 35.9 Å². The minimum absolute atomic E-state index is 0.484. The highest BCUT2D eigenvalue weighted by Gasteiger charge is 2.21. The third-order valence-electron chi connectivity index (χ3n) is 4.12. The molecule has 2 heteroatoms. The van der Waals surface area contributed by atoms with Crippen molar-refractivity contribution >= 4 is 11.8 Å². The fraction of sp³-hybridized carbons (Fsp3) is 0.647. The van der Waals surface area contributed by atoms with Crippen molar-refractivity contribution in [1.29, 1.82) is 0 Å². The van der Waals surface area contributed by atoms with Crippen LogP contribution in [0.2, 0.25) is 0 Å². The van der Waals surface area contributed by atoms with Crippen LogP contribution in [0.1, 0.15) is 51.1 Å². The zero-order valence-corrected chi connectivity index (χ0v) is 13.1.